The van der Waals surface area contributed by atoms with Gasteiger partial charge in [0.2, 0.25) is 11.8 Å². The molecule has 4 heteroatoms. The molecule has 4 nitrogen and oxygen atoms in total. The van der Waals surface area contributed by atoms with Crippen molar-refractivity contribution in [3.63, 3.8) is 0 Å². The highest BCUT2D eigenvalue weighted by Crippen LogP contribution is 2.36. The Morgan fingerprint density at radius 3 is 2.47 bits per heavy atom. The number of hydrogen-bond acceptors (Lipinski definition) is 2. The maximum Gasteiger partial charge on any atom is 0.246 e. The van der Waals surface area contributed by atoms with E-state index in [4.69, 9.17) is 0 Å². The number of piperazine rings is 1. The van der Waals surface area contributed by atoms with Crippen LogP contribution in [-0.4, -0.2) is 35.3 Å². The van der Waals surface area contributed by atoms with E-state index in [0.717, 1.165) is 6.42 Å². The number of hydrogen-bond donors (Lipinski definition) is 1. The summed E-state index contributed by atoms with van der Waals surface area (Å²) in [6.07, 6.45) is 1.05. The molecule has 1 N–H and O–H groups in total. The lowest BCUT2D eigenvalue weighted by Crippen LogP contribution is -2.60. The first-order chi connectivity index (χ1) is 7.00. The minimum Gasteiger partial charge on any atom is -0.343 e. The fraction of sp³-hybridized carbons (Fsp3) is 0.818. The molecule has 15 heavy (non-hydrogen) atoms. The van der Waals surface area contributed by atoms with Gasteiger partial charge < -0.3 is 10.2 Å². The zero-order chi connectivity index (χ0) is 11.2. The lowest BCUT2D eigenvalue weighted by molar-refractivity contribution is -0.146. The Labute approximate surface area is 90.0 Å². The van der Waals surface area contributed by atoms with Gasteiger partial charge in [0.25, 0.3) is 0 Å². The molecule has 0 aromatic rings. The lowest BCUT2D eigenvalue weighted by Gasteiger charge is -2.34. The summed E-state index contributed by atoms with van der Waals surface area (Å²) in [5.74, 6) is 0.803. The van der Waals surface area contributed by atoms with Gasteiger partial charge in [-0.15, -0.1) is 0 Å². The van der Waals surface area contributed by atoms with Gasteiger partial charge in [-0.2, -0.15) is 0 Å². The summed E-state index contributed by atoms with van der Waals surface area (Å²) in [4.78, 5) is 25.3. The van der Waals surface area contributed by atoms with Crippen LogP contribution in [0.15, 0.2) is 0 Å². The minimum absolute atomic E-state index is 0.0209. The van der Waals surface area contributed by atoms with E-state index in [1.54, 1.807) is 4.90 Å². The Hall–Kier alpha value is -1.06. The van der Waals surface area contributed by atoms with E-state index in [0.29, 0.717) is 12.0 Å². The SMILES string of the molecule is CC(C)C1NC(=O)CN(C2CC2C)C1=O. The number of nitrogens with zero attached hydrogens (tertiary/aromatic N) is 1. The van der Waals surface area contributed by atoms with Crippen LogP contribution in [0.2, 0.25) is 0 Å². The highest BCUT2D eigenvalue weighted by Gasteiger charge is 2.45. The molecule has 0 bridgehead atoms. The summed E-state index contributed by atoms with van der Waals surface area (Å²) in [7, 11) is 0. The van der Waals surface area contributed by atoms with E-state index >= 15 is 0 Å². The van der Waals surface area contributed by atoms with Crippen LogP contribution in [0.3, 0.4) is 0 Å². The van der Waals surface area contributed by atoms with Crippen molar-refractivity contribution in [2.75, 3.05) is 6.54 Å². The molecule has 0 aromatic carbocycles. The Morgan fingerprint density at radius 1 is 1.40 bits per heavy atom. The van der Waals surface area contributed by atoms with Gasteiger partial charge in [-0.3, -0.25) is 9.59 Å². The van der Waals surface area contributed by atoms with Gasteiger partial charge in [-0.1, -0.05) is 20.8 Å². The van der Waals surface area contributed by atoms with E-state index < -0.39 is 0 Å². The summed E-state index contributed by atoms with van der Waals surface area (Å²) in [6.45, 7) is 6.29. The number of amides is 2. The summed E-state index contributed by atoms with van der Waals surface area (Å²) < 4.78 is 0. The predicted molar refractivity (Wildman–Crippen MR) is 56.1 cm³/mol. The van der Waals surface area contributed by atoms with Gasteiger partial charge in [0.05, 0.1) is 6.54 Å². The first-order valence-corrected chi connectivity index (χ1v) is 5.60. The first kappa shape index (κ1) is 10.5. The molecule has 2 aliphatic rings. The fourth-order valence-corrected chi connectivity index (χ4v) is 2.16. The Balaban J connectivity index is 2.11. The van der Waals surface area contributed by atoms with Crippen LogP contribution in [0.5, 0.6) is 0 Å². The van der Waals surface area contributed by atoms with Crippen molar-refractivity contribution in [2.24, 2.45) is 11.8 Å². The maximum absolute atomic E-state index is 12.1. The molecule has 1 aliphatic carbocycles. The normalized spacial score (nSPS) is 35.7. The Kier molecular flexibility index (Phi) is 2.44. The van der Waals surface area contributed by atoms with Crippen LogP contribution in [0.1, 0.15) is 27.2 Å². The van der Waals surface area contributed by atoms with E-state index in [9.17, 15) is 9.59 Å². The van der Waals surface area contributed by atoms with E-state index in [-0.39, 0.29) is 30.3 Å². The van der Waals surface area contributed by atoms with Gasteiger partial charge in [0, 0.05) is 6.04 Å². The molecule has 0 aromatic heterocycles. The zero-order valence-corrected chi connectivity index (χ0v) is 9.49. The topological polar surface area (TPSA) is 49.4 Å². The monoisotopic (exact) mass is 210 g/mol. The zero-order valence-electron chi connectivity index (χ0n) is 9.49. The molecule has 1 heterocycles. The molecule has 1 saturated carbocycles. The van der Waals surface area contributed by atoms with Crippen LogP contribution in [0.4, 0.5) is 0 Å². The number of carbonyl (C=O) groups excluding carboxylic acids is 2. The lowest BCUT2D eigenvalue weighted by atomic mass is 10.0. The summed E-state index contributed by atoms with van der Waals surface area (Å²) in [5.41, 5.74) is 0. The summed E-state index contributed by atoms with van der Waals surface area (Å²) in [5, 5.41) is 2.76. The molecule has 3 atom stereocenters. The third-order valence-corrected chi connectivity index (χ3v) is 3.31. The molecule has 2 amide bonds. The Morgan fingerprint density at radius 2 is 2.00 bits per heavy atom. The number of carbonyl (C=O) groups is 2. The van der Waals surface area contributed by atoms with Gasteiger partial charge >= 0.3 is 0 Å². The van der Waals surface area contributed by atoms with Crippen LogP contribution in [-0.2, 0) is 9.59 Å². The molecular formula is C11H18N2O2. The van der Waals surface area contributed by atoms with Crippen molar-refractivity contribution in [1.82, 2.24) is 10.2 Å². The van der Waals surface area contributed by atoms with Crippen LogP contribution in [0, 0.1) is 11.8 Å². The molecule has 0 spiro atoms. The number of rotatable bonds is 2. The molecule has 3 unspecified atom stereocenters. The van der Waals surface area contributed by atoms with Gasteiger partial charge in [0.15, 0.2) is 0 Å². The fourth-order valence-electron chi connectivity index (χ4n) is 2.16. The smallest absolute Gasteiger partial charge is 0.246 e. The van der Waals surface area contributed by atoms with Gasteiger partial charge in [-0.05, 0) is 18.3 Å². The van der Waals surface area contributed by atoms with E-state index in [2.05, 4.69) is 12.2 Å². The second kappa shape index (κ2) is 3.51. The van der Waals surface area contributed by atoms with Gasteiger partial charge in [0.1, 0.15) is 6.04 Å². The third kappa shape index (κ3) is 1.85. The first-order valence-electron chi connectivity index (χ1n) is 5.60. The quantitative estimate of drug-likeness (QED) is 0.716. The largest absolute Gasteiger partial charge is 0.343 e. The molecule has 0 radical (unpaired) electrons. The second-order valence-electron chi connectivity index (χ2n) is 5.04. The molecule has 1 aliphatic heterocycles. The highest BCUT2D eigenvalue weighted by molar-refractivity contribution is 5.95. The van der Waals surface area contributed by atoms with Crippen LogP contribution >= 0.6 is 0 Å². The molecular weight excluding hydrogens is 192 g/mol. The van der Waals surface area contributed by atoms with Crippen LogP contribution in [0.25, 0.3) is 0 Å². The van der Waals surface area contributed by atoms with Crippen molar-refractivity contribution in [1.29, 1.82) is 0 Å². The summed E-state index contributed by atoms with van der Waals surface area (Å²) in [6, 6.07) is -0.0103. The van der Waals surface area contributed by atoms with Crippen molar-refractivity contribution in [3.05, 3.63) is 0 Å². The van der Waals surface area contributed by atoms with Gasteiger partial charge in [-0.25, -0.2) is 0 Å². The Bertz CT molecular complexity index is 301. The van der Waals surface area contributed by atoms with Crippen molar-refractivity contribution in [2.45, 2.75) is 39.3 Å². The van der Waals surface area contributed by atoms with Crippen molar-refractivity contribution in [3.8, 4) is 0 Å². The minimum atomic E-state index is -0.320. The molecule has 84 valence electrons. The average Bonchev–Trinajstić information content (AvgIpc) is 2.86. The third-order valence-electron chi connectivity index (χ3n) is 3.31. The summed E-state index contributed by atoms with van der Waals surface area (Å²) >= 11 is 0. The van der Waals surface area contributed by atoms with Crippen molar-refractivity contribution >= 4 is 11.8 Å². The van der Waals surface area contributed by atoms with Crippen molar-refractivity contribution < 1.29 is 9.59 Å². The maximum atomic E-state index is 12.1. The number of nitrogens with one attached hydrogen (secondary N) is 1. The van der Waals surface area contributed by atoms with E-state index in [1.807, 2.05) is 13.8 Å². The standard InChI is InChI=1S/C11H18N2O2/c1-6(2)10-11(15)13(5-9(14)12-10)8-4-7(8)3/h6-8,10H,4-5H2,1-3H3,(H,12,14). The average molecular weight is 210 g/mol. The second-order valence-corrected chi connectivity index (χ2v) is 5.04. The highest BCUT2D eigenvalue weighted by atomic mass is 16.2. The predicted octanol–water partition coefficient (Wildman–Crippen LogP) is 0.378. The molecule has 2 rings (SSSR count). The van der Waals surface area contributed by atoms with Crippen LogP contribution < -0.4 is 5.32 Å². The van der Waals surface area contributed by atoms with E-state index in [1.165, 1.54) is 0 Å². The molecule has 2 fully saturated rings. The molecule has 1 saturated heterocycles.